The van der Waals surface area contributed by atoms with Gasteiger partial charge in [-0.15, -0.1) is 0 Å². The van der Waals surface area contributed by atoms with Gasteiger partial charge in [0.05, 0.1) is 7.11 Å². The van der Waals surface area contributed by atoms with Crippen molar-refractivity contribution in [3.63, 3.8) is 0 Å². The molecule has 2 N–H and O–H groups in total. The molecule has 0 aliphatic rings. The molecule has 0 saturated carbocycles. The third-order valence-corrected chi connectivity index (χ3v) is 3.66. The number of halogens is 3. The largest absolute Gasteiger partial charge is 0.468 e. The normalized spacial score (nSPS) is 14.5. The predicted octanol–water partition coefficient (Wildman–Crippen LogP) is 1.93. The number of hydrogen-bond donors (Lipinski definition) is 2. The standard InChI is InChI=1S/C13H16F3NO3S/c1-20-11(18)10(17-12(19)13(14,15)16)8-21-7-9-5-3-2-4-6-9/h2-6,10,12,17,19H,7-8H2,1H3/t10-,12?/m0/s1. The second-order valence-electron chi connectivity index (χ2n) is 4.19. The molecule has 1 aromatic carbocycles. The SMILES string of the molecule is COC(=O)[C@H](CSCc1ccccc1)NC(O)C(F)(F)F. The lowest BCUT2D eigenvalue weighted by Gasteiger charge is -2.22. The fraction of sp³-hybridized carbons (Fsp3) is 0.462. The number of esters is 1. The van der Waals surface area contributed by atoms with E-state index in [9.17, 15) is 18.0 Å². The van der Waals surface area contributed by atoms with E-state index < -0.39 is 24.4 Å². The number of benzene rings is 1. The molecule has 0 aliphatic heterocycles. The Balaban J connectivity index is 2.52. The second-order valence-corrected chi connectivity index (χ2v) is 5.22. The second kappa shape index (κ2) is 8.26. The smallest absolute Gasteiger partial charge is 0.427 e. The Morgan fingerprint density at radius 2 is 2.00 bits per heavy atom. The number of alkyl halides is 3. The highest BCUT2D eigenvalue weighted by atomic mass is 32.2. The van der Waals surface area contributed by atoms with Gasteiger partial charge in [0.1, 0.15) is 6.04 Å². The summed E-state index contributed by atoms with van der Waals surface area (Å²) in [6.45, 7) is 0. The quantitative estimate of drug-likeness (QED) is 0.593. The van der Waals surface area contributed by atoms with E-state index in [0.717, 1.165) is 12.7 Å². The van der Waals surface area contributed by atoms with Gasteiger partial charge in [-0.3, -0.25) is 10.1 Å². The van der Waals surface area contributed by atoms with Crippen LogP contribution in [0.25, 0.3) is 0 Å². The summed E-state index contributed by atoms with van der Waals surface area (Å²) in [6, 6.07) is 8.06. The Kier molecular flexibility index (Phi) is 7.00. The van der Waals surface area contributed by atoms with Gasteiger partial charge in [-0.1, -0.05) is 30.3 Å². The van der Waals surface area contributed by atoms with Gasteiger partial charge < -0.3 is 9.84 Å². The van der Waals surface area contributed by atoms with Crippen molar-refractivity contribution in [2.24, 2.45) is 0 Å². The van der Waals surface area contributed by atoms with E-state index in [4.69, 9.17) is 5.11 Å². The van der Waals surface area contributed by atoms with Crippen LogP contribution in [0.2, 0.25) is 0 Å². The molecular formula is C13H16F3NO3S. The zero-order valence-corrected chi connectivity index (χ0v) is 12.1. The minimum Gasteiger partial charge on any atom is -0.468 e. The number of hydrogen-bond acceptors (Lipinski definition) is 5. The lowest BCUT2D eigenvalue weighted by atomic mass is 10.2. The number of thioether (sulfide) groups is 1. The third kappa shape index (κ3) is 6.36. The highest BCUT2D eigenvalue weighted by Crippen LogP contribution is 2.20. The van der Waals surface area contributed by atoms with Crippen LogP contribution in [-0.4, -0.2) is 42.4 Å². The number of carbonyl (C=O) groups excluding carboxylic acids is 1. The van der Waals surface area contributed by atoms with E-state index in [1.165, 1.54) is 11.8 Å². The van der Waals surface area contributed by atoms with Gasteiger partial charge in [-0.05, 0) is 5.56 Å². The lowest BCUT2D eigenvalue weighted by molar-refractivity contribution is -0.216. The molecule has 0 heterocycles. The van der Waals surface area contributed by atoms with Gasteiger partial charge >= 0.3 is 12.1 Å². The zero-order chi connectivity index (χ0) is 15.9. The minimum atomic E-state index is -4.84. The molecule has 1 unspecified atom stereocenters. The molecule has 2 atom stereocenters. The van der Waals surface area contributed by atoms with Crippen LogP contribution in [0.15, 0.2) is 30.3 Å². The van der Waals surface area contributed by atoms with Crippen LogP contribution in [0.3, 0.4) is 0 Å². The maximum absolute atomic E-state index is 12.3. The molecule has 0 amide bonds. The number of aliphatic hydroxyl groups is 1. The molecule has 118 valence electrons. The summed E-state index contributed by atoms with van der Waals surface area (Å²) in [7, 11) is 1.08. The molecule has 0 spiro atoms. The van der Waals surface area contributed by atoms with Crippen LogP contribution in [0.4, 0.5) is 13.2 Å². The summed E-state index contributed by atoms with van der Waals surface area (Å²) in [4.78, 5) is 11.4. The van der Waals surface area contributed by atoms with Gasteiger partial charge in [0.25, 0.3) is 0 Å². The number of nitrogens with one attached hydrogen (secondary N) is 1. The summed E-state index contributed by atoms with van der Waals surface area (Å²) in [5.74, 6) is -0.258. The molecule has 4 nitrogen and oxygen atoms in total. The van der Waals surface area contributed by atoms with Crippen LogP contribution in [0.5, 0.6) is 0 Å². The molecule has 0 saturated heterocycles. The topological polar surface area (TPSA) is 58.6 Å². The predicted molar refractivity (Wildman–Crippen MR) is 73.6 cm³/mol. The highest BCUT2D eigenvalue weighted by molar-refractivity contribution is 7.98. The molecule has 0 aromatic heterocycles. The molecule has 0 aliphatic carbocycles. The van der Waals surface area contributed by atoms with Gasteiger partial charge in [0.2, 0.25) is 6.23 Å². The summed E-state index contributed by atoms with van der Waals surface area (Å²) in [5, 5.41) is 10.8. The monoisotopic (exact) mass is 323 g/mol. The molecule has 0 radical (unpaired) electrons. The maximum atomic E-state index is 12.3. The van der Waals surface area contributed by atoms with E-state index in [0.29, 0.717) is 5.75 Å². The summed E-state index contributed by atoms with van der Waals surface area (Å²) in [6.07, 6.45) is -7.60. The van der Waals surface area contributed by atoms with Crippen molar-refractivity contribution in [1.82, 2.24) is 5.32 Å². The molecule has 1 aromatic rings. The van der Waals surface area contributed by atoms with Gasteiger partial charge in [0.15, 0.2) is 0 Å². The molecule has 8 heteroatoms. The zero-order valence-electron chi connectivity index (χ0n) is 11.3. The number of aliphatic hydroxyl groups excluding tert-OH is 1. The Morgan fingerprint density at radius 1 is 1.38 bits per heavy atom. The number of methoxy groups -OCH3 is 1. The van der Waals surface area contributed by atoms with Crippen molar-refractivity contribution in [2.45, 2.75) is 24.2 Å². The number of carbonyl (C=O) groups is 1. The molecular weight excluding hydrogens is 307 g/mol. The first-order valence-electron chi connectivity index (χ1n) is 6.05. The maximum Gasteiger partial charge on any atom is 0.427 e. The van der Waals surface area contributed by atoms with Crippen LogP contribution in [0, 0.1) is 0 Å². The van der Waals surface area contributed by atoms with E-state index in [1.54, 1.807) is 0 Å². The lowest BCUT2D eigenvalue weighted by Crippen LogP contribution is -2.51. The van der Waals surface area contributed by atoms with Crippen molar-refractivity contribution in [3.8, 4) is 0 Å². The minimum absolute atomic E-state index is 0.0503. The van der Waals surface area contributed by atoms with Crippen LogP contribution >= 0.6 is 11.8 Å². The Bertz CT molecular complexity index is 442. The van der Waals surface area contributed by atoms with Crippen molar-refractivity contribution < 1.29 is 27.8 Å². The molecule has 0 bridgehead atoms. The first-order valence-corrected chi connectivity index (χ1v) is 7.20. The first kappa shape index (κ1) is 17.8. The average Bonchev–Trinajstić information content (AvgIpc) is 2.45. The molecule has 0 fully saturated rings. The van der Waals surface area contributed by atoms with E-state index in [1.807, 2.05) is 35.6 Å². The Morgan fingerprint density at radius 3 is 2.52 bits per heavy atom. The van der Waals surface area contributed by atoms with Crippen molar-refractivity contribution >= 4 is 17.7 Å². The van der Waals surface area contributed by atoms with E-state index in [-0.39, 0.29) is 5.75 Å². The fourth-order valence-electron chi connectivity index (χ4n) is 1.48. The number of ether oxygens (including phenoxy) is 1. The molecule has 1 rings (SSSR count). The fourth-order valence-corrected chi connectivity index (χ4v) is 2.49. The van der Waals surface area contributed by atoms with Crippen molar-refractivity contribution in [1.29, 1.82) is 0 Å². The van der Waals surface area contributed by atoms with Crippen LogP contribution < -0.4 is 5.32 Å². The van der Waals surface area contributed by atoms with Crippen molar-refractivity contribution in [3.05, 3.63) is 35.9 Å². The third-order valence-electron chi connectivity index (χ3n) is 2.55. The van der Waals surface area contributed by atoms with E-state index >= 15 is 0 Å². The van der Waals surface area contributed by atoms with Crippen LogP contribution in [-0.2, 0) is 15.3 Å². The Labute approximate surface area is 124 Å². The highest BCUT2D eigenvalue weighted by Gasteiger charge is 2.40. The Hall–Kier alpha value is -1.25. The first-order chi connectivity index (χ1) is 9.84. The van der Waals surface area contributed by atoms with Gasteiger partial charge in [-0.2, -0.15) is 24.9 Å². The van der Waals surface area contributed by atoms with Crippen molar-refractivity contribution in [2.75, 3.05) is 12.9 Å². The summed E-state index contributed by atoms with van der Waals surface area (Å²) >= 11 is 1.27. The number of rotatable bonds is 7. The summed E-state index contributed by atoms with van der Waals surface area (Å²) in [5.41, 5.74) is 0.988. The average molecular weight is 323 g/mol. The summed E-state index contributed by atoms with van der Waals surface area (Å²) < 4.78 is 41.3. The van der Waals surface area contributed by atoms with Gasteiger partial charge in [0, 0.05) is 11.5 Å². The van der Waals surface area contributed by atoms with Gasteiger partial charge in [-0.25, -0.2) is 0 Å². The van der Waals surface area contributed by atoms with E-state index in [2.05, 4.69) is 4.74 Å². The molecule has 21 heavy (non-hydrogen) atoms. The van der Waals surface area contributed by atoms with Crippen LogP contribution in [0.1, 0.15) is 5.56 Å².